The molecule has 1 heterocycles. The van der Waals surface area contributed by atoms with E-state index >= 15 is 0 Å². The maximum Gasteiger partial charge on any atom is 0.332 e. The highest BCUT2D eigenvalue weighted by molar-refractivity contribution is 6.00. The molecule has 0 unspecified atom stereocenters. The number of nitrogens with two attached hydrogens (primary N) is 1. The fourth-order valence-corrected chi connectivity index (χ4v) is 3.70. The van der Waals surface area contributed by atoms with Gasteiger partial charge in [0.05, 0.1) is 11.8 Å². The molecule has 0 spiro atoms. The van der Waals surface area contributed by atoms with Crippen LogP contribution in [0.15, 0.2) is 35.4 Å². The Labute approximate surface area is 204 Å². The lowest BCUT2D eigenvalue weighted by atomic mass is 10.0. The van der Waals surface area contributed by atoms with Gasteiger partial charge in [-0.25, -0.2) is 15.2 Å². The van der Waals surface area contributed by atoms with Crippen molar-refractivity contribution in [1.29, 1.82) is 0 Å². The lowest BCUT2D eigenvalue weighted by molar-refractivity contribution is 0.0358. The van der Waals surface area contributed by atoms with E-state index in [-0.39, 0.29) is 12.5 Å². The number of nitrogens with zero attached hydrogens (tertiary/aromatic N) is 2. The van der Waals surface area contributed by atoms with Crippen molar-refractivity contribution in [3.63, 3.8) is 0 Å². The van der Waals surface area contributed by atoms with E-state index in [0.29, 0.717) is 28.2 Å². The molecular weight excluding hydrogens is 450 g/mol. The van der Waals surface area contributed by atoms with Crippen LogP contribution in [0.2, 0.25) is 0 Å². The van der Waals surface area contributed by atoms with Crippen LogP contribution in [-0.4, -0.2) is 47.3 Å². The van der Waals surface area contributed by atoms with Gasteiger partial charge in [-0.3, -0.25) is 15.0 Å². The summed E-state index contributed by atoms with van der Waals surface area (Å²) in [4.78, 5) is 37.5. The van der Waals surface area contributed by atoms with Crippen molar-refractivity contribution in [1.82, 2.24) is 15.9 Å². The first-order valence-electron chi connectivity index (χ1n) is 11.1. The van der Waals surface area contributed by atoms with Gasteiger partial charge in [-0.2, -0.15) is 5.10 Å². The van der Waals surface area contributed by atoms with Gasteiger partial charge in [-0.15, -0.1) is 0 Å². The predicted molar refractivity (Wildman–Crippen MR) is 132 cm³/mol. The van der Waals surface area contributed by atoms with E-state index in [0.717, 1.165) is 11.1 Å². The monoisotopic (exact) mass is 481 g/mol. The van der Waals surface area contributed by atoms with Crippen LogP contribution in [0.1, 0.15) is 58.2 Å². The molecule has 4 N–H and O–H groups in total. The van der Waals surface area contributed by atoms with Crippen LogP contribution in [0, 0.1) is 20.8 Å². The number of hydrazone groups is 1. The molecule has 4 amide bonds. The number of carbonyl (C=O) groups is 3. The predicted octanol–water partition coefficient (Wildman–Crippen LogP) is 2.99. The summed E-state index contributed by atoms with van der Waals surface area (Å²) >= 11 is 0. The van der Waals surface area contributed by atoms with Gasteiger partial charge in [0.15, 0.2) is 17.6 Å². The molecule has 1 atom stereocenters. The number of hydrogen-bond acceptors (Lipinski definition) is 6. The summed E-state index contributed by atoms with van der Waals surface area (Å²) in [5, 5.41) is 5.04. The zero-order valence-corrected chi connectivity index (χ0v) is 20.8. The Morgan fingerprint density at radius 3 is 2.37 bits per heavy atom. The number of benzene rings is 2. The number of hydrazine groups is 1. The summed E-state index contributed by atoms with van der Waals surface area (Å²) in [6, 6.07) is 8.04. The molecule has 1 aliphatic rings. The standard InChI is InChI=1S/C25H31N5O5/c1-14-9-15(2)11-17(10-14)23(32)30(25(4,5)6)29-22(31)19-7-8-20-21(16(19)3)35-18(13-34-20)12-27-28-24(26)33/h7-12,18H,13H2,1-6H3,(H,29,31)(H3,26,28,33)/t18-/m0/s1. The molecule has 2 aromatic carbocycles. The Morgan fingerprint density at radius 2 is 1.77 bits per heavy atom. The Balaban J connectivity index is 1.86. The summed E-state index contributed by atoms with van der Waals surface area (Å²) in [7, 11) is 0. The Hall–Kier alpha value is -4.08. The fraction of sp³-hybridized carbons (Fsp3) is 0.360. The Morgan fingerprint density at radius 1 is 1.11 bits per heavy atom. The van der Waals surface area contributed by atoms with Crippen LogP contribution >= 0.6 is 0 Å². The topological polar surface area (TPSA) is 135 Å². The minimum Gasteiger partial charge on any atom is -0.485 e. The molecule has 0 fully saturated rings. The highest BCUT2D eigenvalue weighted by Gasteiger charge is 2.31. The maximum atomic E-state index is 13.4. The second-order valence-corrected chi connectivity index (χ2v) is 9.42. The van der Waals surface area contributed by atoms with Gasteiger partial charge < -0.3 is 15.2 Å². The summed E-state index contributed by atoms with van der Waals surface area (Å²) in [6.07, 6.45) is 0.757. The minimum atomic E-state index is -0.799. The SMILES string of the molecule is Cc1cc(C)cc(C(=O)N(NC(=O)c2ccc3c(c2C)O[C@@H](C=NNC(N)=O)CO3)C(C)(C)C)c1. The molecule has 0 radical (unpaired) electrons. The molecule has 10 nitrogen and oxygen atoms in total. The maximum absolute atomic E-state index is 13.4. The van der Waals surface area contributed by atoms with Crippen LogP contribution in [0.4, 0.5) is 4.79 Å². The summed E-state index contributed by atoms with van der Waals surface area (Å²) in [6.45, 7) is 11.3. The molecule has 0 saturated carbocycles. The first kappa shape index (κ1) is 25.5. The number of primary amides is 1. The normalized spacial score (nSPS) is 15.0. The van der Waals surface area contributed by atoms with Crippen LogP contribution in [0.25, 0.3) is 0 Å². The van der Waals surface area contributed by atoms with E-state index in [1.807, 2.05) is 40.7 Å². The van der Waals surface area contributed by atoms with E-state index in [2.05, 4.69) is 16.0 Å². The van der Waals surface area contributed by atoms with Gasteiger partial charge in [0.1, 0.15) is 6.61 Å². The van der Waals surface area contributed by atoms with Crippen molar-refractivity contribution in [3.05, 3.63) is 58.1 Å². The van der Waals surface area contributed by atoms with Gasteiger partial charge in [-0.1, -0.05) is 17.2 Å². The molecule has 2 aromatic rings. The second-order valence-electron chi connectivity index (χ2n) is 9.42. The van der Waals surface area contributed by atoms with Crippen molar-refractivity contribution < 1.29 is 23.9 Å². The fourth-order valence-electron chi connectivity index (χ4n) is 3.70. The lowest BCUT2D eigenvalue weighted by Crippen LogP contribution is -2.56. The number of amides is 4. The molecule has 35 heavy (non-hydrogen) atoms. The number of nitrogens with one attached hydrogen (secondary N) is 2. The molecule has 3 rings (SSSR count). The van der Waals surface area contributed by atoms with E-state index in [1.165, 1.54) is 11.2 Å². The number of carbonyl (C=O) groups excluding carboxylic acids is 3. The van der Waals surface area contributed by atoms with Gasteiger partial charge in [0.25, 0.3) is 11.8 Å². The largest absolute Gasteiger partial charge is 0.485 e. The number of urea groups is 1. The van der Waals surface area contributed by atoms with Crippen molar-refractivity contribution in [2.24, 2.45) is 10.8 Å². The summed E-state index contributed by atoms with van der Waals surface area (Å²) in [5.74, 6) is 0.0757. The second kappa shape index (κ2) is 10.0. The Bertz CT molecular complexity index is 1170. The quantitative estimate of drug-likeness (QED) is 0.456. The first-order chi connectivity index (χ1) is 16.4. The third-order valence-corrected chi connectivity index (χ3v) is 5.26. The van der Waals surface area contributed by atoms with Gasteiger partial charge in [-0.05, 0) is 65.8 Å². The van der Waals surface area contributed by atoms with E-state index in [9.17, 15) is 14.4 Å². The third-order valence-electron chi connectivity index (χ3n) is 5.26. The molecular formula is C25H31N5O5. The van der Waals surface area contributed by atoms with Crippen molar-refractivity contribution in [3.8, 4) is 11.5 Å². The molecule has 0 aromatic heterocycles. The zero-order valence-electron chi connectivity index (χ0n) is 20.8. The molecule has 186 valence electrons. The number of ether oxygens (including phenoxy) is 2. The van der Waals surface area contributed by atoms with Crippen molar-refractivity contribution in [2.75, 3.05) is 6.61 Å². The average molecular weight is 482 g/mol. The number of fused-ring (bicyclic) bond motifs is 1. The number of rotatable bonds is 4. The highest BCUT2D eigenvalue weighted by Crippen LogP contribution is 2.36. The summed E-state index contributed by atoms with van der Waals surface area (Å²) < 4.78 is 11.6. The smallest absolute Gasteiger partial charge is 0.332 e. The van der Waals surface area contributed by atoms with Gasteiger partial charge >= 0.3 is 6.03 Å². The van der Waals surface area contributed by atoms with Crippen LogP contribution in [0.5, 0.6) is 11.5 Å². The zero-order chi connectivity index (χ0) is 25.9. The van der Waals surface area contributed by atoms with Gasteiger partial charge in [0, 0.05) is 16.7 Å². The van der Waals surface area contributed by atoms with E-state index in [4.69, 9.17) is 15.2 Å². The van der Waals surface area contributed by atoms with Crippen molar-refractivity contribution >= 4 is 24.1 Å². The van der Waals surface area contributed by atoms with Crippen LogP contribution in [-0.2, 0) is 0 Å². The molecule has 0 bridgehead atoms. The van der Waals surface area contributed by atoms with Crippen molar-refractivity contribution in [2.45, 2.75) is 53.2 Å². The van der Waals surface area contributed by atoms with E-state index < -0.39 is 23.6 Å². The Kier molecular flexibility index (Phi) is 7.33. The molecule has 1 aliphatic heterocycles. The lowest BCUT2D eigenvalue weighted by Gasteiger charge is -2.36. The van der Waals surface area contributed by atoms with Gasteiger partial charge in [0.2, 0.25) is 0 Å². The first-order valence-corrected chi connectivity index (χ1v) is 11.1. The number of aryl methyl sites for hydroxylation is 2. The summed E-state index contributed by atoms with van der Waals surface area (Å²) in [5.41, 5.74) is 12.4. The molecule has 10 heteroatoms. The number of hydrogen-bond donors (Lipinski definition) is 3. The minimum absolute atomic E-state index is 0.171. The highest BCUT2D eigenvalue weighted by atomic mass is 16.6. The average Bonchev–Trinajstić information content (AvgIpc) is 2.75. The van der Waals surface area contributed by atoms with E-state index in [1.54, 1.807) is 31.2 Å². The molecule has 0 aliphatic carbocycles. The van der Waals surface area contributed by atoms with Crippen LogP contribution < -0.4 is 26.1 Å². The third kappa shape index (κ3) is 6.08. The van der Waals surface area contributed by atoms with Crippen LogP contribution in [0.3, 0.4) is 0 Å². The molecule has 0 saturated heterocycles.